The second-order valence-electron chi connectivity index (χ2n) is 13.6. The van der Waals surface area contributed by atoms with Gasteiger partial charge < -0.3 is 4.90 Å². The lowest BCUT2D eigenvalue weighted by Gasteiger charge is -2.29. The van der Waals surface area contributed by atoms with Crippen molar-refractivity contribution in [1.82, 2.24) is 4.90 Å². The predicted octanol–water partition coefficient (Wildman–Crippen LogP) is 12.3. The van der Waals surface area contributed by atoms with Crippen molar-refractivity contribution in [3.8, 4) is 0 Å². The fraction of sp³-hybridized carbons (Fsp3) is 0.512. The van der Waals surface area contributed by atoms with Gasteiger partial charge in [0.2, 0.25) is 5.69 Å². The molecule has 0 saturated heterocycles. The molecule has 244 valence electrons. The molecule has 2 aliphatic heterocycles. The monoisotopic (exact) mass is 607 g/mol. The third-order valence-corrected chi connectivity index (χ3v) is 9.76. The van der Waals surface area contributed by atoms with Crippen LogP contribution in [0.5, 0.6) is 0 Å². The minimum absolute atomic E-state index is 0.0166. The van der Waals surface area contributed by atoms with Crippen molar-refractivity contribution >= 4 is 11.4 Å². The van der Waals surface area contributed by atoms with E-state index in [4.69, 9.17) is 0 Å². The number of para-hydroxylation sites is 1. The number of allylic oxidation sites excluding steroid dienone is 11. The normalized spacial score (nSPS) is 21.4. The van der Waals surface area contributed by atoms with E-state index in [1.54, 1.807) is 5.57 Å². The molecule has 0 unspecified atom stereocenters. The Labute approximate surface area is 277 Å². The van der Waals surface area contributed by atoms with Gasteiger partial charge in [-0.05, 0) is 101 Å². The van der Waals surface area contributed by atoms with Crippen molar-refractivity contribution < 1.29 is 4.58 Å². The van der Waals surface area contributed by atoms with Crippen LogP contribution in [-0.2, 0) is 5.41 Å². The second-order valence-corrected chi connectivity index (χ2v) is 13.6. The Morgan fingerprint density at radius 3 is 2.36 bits per heavy atom. The molecule has 2 aliphatic carbocycles. The number of unbranched alkanes of at least 4 members (excludes halogenated alkanes) is 2. The van der Waals surface area contributed by atoms with Crippen molar-refractivity contribution in [3.63, 3.8) is 0 Å². The number of fused-ring (bicyclic) bond motifs is 1. The minimum Gasteiger partial charge on any atom is -0.344 e. The van der Waals surface area contributed by atoms with E-state index in [0.717, 1.165) is 32.2 Å². The number of hydrogen-bond acceptors (Lipinski definition) is 1. The molecule has 45 heavy (non-hydrogen) atoms. The maximum absolute atomic E-state index is 4.08. The van der Waals surface area contributed by atoms with Crippen LogP contribution in [0, 0.1) is 5.41 Å². The lowest BCUT2D eigenvalue weighted by molar-refractivity contribution is -0.401. The maximum atomic E-state index is 4.08. The van der Waals surface area contributed by atoms with Crippen LogP contribution in [0.25, 0.3) is 0 Å². The van der Waals surface area contributed by atoms with Crippen LogP contribution in [0.4, 0.5) is 5.69 Å². The van der Waals surface area contributed by atoms with Gasteiger partial charge in [-0.15, -0.1) is 6.58 Å². The first kappa shape index (κ1) is 36.3. The van der Waals surface area contributed by atoms with E-state index in [1.807, 2.05) is 27.7 Å². The molecule has 1 aromatic carbocycles. The molecule has 2 heterocycles. The van der Waals surface area contributed by atoms with E-state index in [0.29, 0.717) is 0 Å². The summed E-state index contributed by atoms with van der Waals surface area (Å²) in [4.78, 5) is 2.64. The van der Waals surface area contributed by atoms with Crippen molar-refractivity contribution in [2.24, 2.45) is 5.41 Å². The first-order chi connectivity index (χ1) is 21.6. The molecule has 0 fully saturated rings. The summed E-state index contributed by atoms with van der Waals surface area (Å²) in [6, 6.07) is 8.82. The van der Waals surface area contributed by atoms with Gasteiger partial charge in [0.1, 0.15) is 7.05 Å². The van der Waals surface area contributed by atoms with Crippen LogP contribution in [0.1, 0.15) is 126 Å². The van der Waals surface area contributed by atoms with Crippen LogP contribution >= 0.6 is 0 Å². The fourth-order valence-corrected chi connectivity index (χ4v) is 7.39. The summed E-state index contributed by atoms with van der Waals surface area (Å²) in [5, 5.41) is 0. The highest BCUT2D eigenvalue weighted by molar-refractivity contribution is 6.03. The number of rotatable bonds is 9. The van der Waals surface area contributed by atoms with Crippen LogP contribution < -0.4 is 0 Å². The minimum atomic E-state index is 0.0166. The zero-order chi connectivity index (χ0) is 33.2. The molecule has 0 saturated carbocycles. The second kappa shape index (κ2) is 16.4. The van der Waals surface area contributed by atoms with Gasteiger partial charge in [-0.3, -0.25) is 0 Å². The summed E-state index contributed by atoms with van der Waals surface area (Å²) >= 11 is 0. The summed E-state index contributed by atoms with van der Waals surface area (Å²) in [6.07, 6.45) is 27.6. The Morgan fingerprint density at radius 2 is 1.64 bits per heavy atom. The van der Waals surface area contributed by atoms with Crippen molar-refractivity contribution in [2.75, 3.05) is 13.6 Å². The molecule has 0 bridgehead atoms. The summed E-state index contributed by atoms with van der Waals surface area (Å²) < 4.78 is 2.37. The van der Waals surface area contributed by atoms with Crippen LogP contribution in [0.2, 0.25) is 0 Å². The average Bonchev–Trinajstić information content (AvgIpc) is 3.38. The molecular weight excluding hydrogens is 544 g/mol. The predicted molar refractivity (Wildman–Crippen MR) is 199 cm³/mol. The van der Waals surface area contributed by atoms with E-state index in [1.165, 1.54) is 77.2 Å². The molecule has 0 spiro atoms. The SMILES string of the molecule is C=C(C)CCCCCN1C2=C(CCC=C2)C(C)(C)/C1=C\C=C1C=C(/C=C/C2=[N+](C)c3ccccc3C2(C)C)CCC\1.CC.CC. The van der Waals surface area contributed by atoms with Crippen molar-refractivity contribution in [3.05, 3.63) is 113 Å². The van der Waals surface area contributed by atoms with Crippen molar-refractivity contribution in [1.29, 1.82) is 0 Å². The topological polar surface area (TPSA) is 6.25 Å². The van der Waals surface area contributed by atoms with Gasteiger partial charge in [-0.2, -0.15) is 4.58 Å². The van der Waals surface area contributed by atoms with E-state index in [9.17, 15) is 0 Å². The zero-order valence-corrected chi connectivity index (χ0v) is 30.5. The summed E-state index contributed by atoms with van der Waals surface area (Å²) in [5.41, 5.74) is 13.0. The molecule has 2 heteroatoms. The number of benzene rings is 1. The standard InChI is InChI=1S/C39H51N2.2C2H6/c1-29(2)16-9-8-14-27-41-35-22-13-11-20-33(35)39(5,6)37(41)26-24-31-18-15-17-30(28-31)23-25-36-38(3,4)32-19-10-12-21-34(32)40(36)7;2*1-2/h10,12-13,19,21-26,28H,1,8-9,11,14-18,20,27H2,2-7H3;2*1-2H3/q+1;;. The first-order valence-corrected chi connectivity index (χ1v) is 17.9. The van der Waals surface area contributed by atoms with Crippen molar-refractivity contribution in [2.45, 2.75) is 126 Å². The van der Waals surface area contributed by atoms with Crippen LogP contribution in [0.15, 0.2) is 107 Å². The van der Waals surface area contributed by atoms with E-state index < -0.39 is 0 Å². The zero-order valence-electron chi connectivity index (χ0n) is 30.5. The first-order valence-electron chi connectivity index (χ1n) is 17.9. The third kappa shape index (κ3) is 8.18. The molecule has 0 aromatic heterocycles. The van der Waals surface area contributed by atoms with Gasteiger partial charge in [0.25, 0.3) is 0 Å². The van der Waals surface area contributed by atoms with Gasteiger partial charge in [0, 0.05) is 41.1 Å². The molecule has 4 aliphatic rings. The van der Waals surface area contributed by atoms with Gasteiger partial charge in [-0.1, -0.05) is 96.0 Å². The molecule has 1 aromatic rings. The molecule has 0 radical (unpaired) electrons. The van der Waals surface area contributed by atoms with E-state index in [2.05, 4.69) is 125 Å². The Hall–Kier alpha value is -3.13. The molecule has 5 rings (SSSR count). The molecule has 2 nitrogen and oxygen atoms in total. The third-order valence-electron chi connectivity index (χ3n) is 9.76. The molecule has 0 atom stereocenters. The summed E-state index contributed by atoms with van der Waals surface area (Å²) in [5.74, 6) is 0. The van der Waals surface area contributed by atoms with Gasteiger partial charge in [0.05, 0.1) is 5.41 Å². The lowest BCUT2D eigenvalue weighted by atomic mass is 9.79. The Morgan fingerprint density at radius 1 is 0.911 bits per heavy atom. The Kier molecular flexibility index (Phi) is 13.3. The number of nitrogens with zero attached hydrogens (tertiary/aromatic N) is 2. The largest absolute Gasteiger partial charge is 0.344 e. The summed E-state index contributed by atoms with van der Waals surface area (Å²) in [7, 11) is 2.21. The molecule has 0 N–H and O–H groups in total. The van der Waals surface area contributed by atoms with E-state index in [-0.39, 0.29) is 10.8 Å². The van der Waals surface area contributed by atoms with Gasteiger partial charge in [-0.25, -0.2) is 0 Å². The average molecular weight is 608 g/mol. The van der Waals surface area contributed by atoms with Crippen LogP contribution in [-0.4, -0.2) is 28.8 Å². The quantitative estimate of drug-likeness (QED) is 0.154. The smallest absolute Gasteiger partial charge is 0.209 e. The highest BCUT2D eigenvalue weighted by Crippen LogP contribution is 2.50. The Bertz CT molecular complexity index is 1410. The highest BCUT2D eigenvalue weighted by Gasteiger charge is 2.43. The van der Waals surface area contributed by atoms with Gasteiger partial charge in [0.15, 0.2) is 5.71 Å². The van der Waals surface area contributed by atoms with Gasteiger partial charge >= 0.3 is 0 Å². The fourth-order valence-electron chi connectivity index (χ4n) is 7.39. The number of hydrogen-bond donors (Lipinski definition) is 0. The Balaban J connectivity index is 0.00000133. The molecule has 0 amide bonds. The molecular formula is C43H63N2+. The summed E-state index contributed by atoms with van der Waals surface area (Å²) in [6.45, 7) is 24.9. The maximum Gasteiger partial charge on any atom is 0.209 e. The highest BCUT2D eigenvalue weighted by atomic mass is 15.2. The lowest BCUT2D eigenvalue weighted by Crippen LogP contribution is -2.26. The van der Waals surface area contributed by atoms with E-state index >= 15 is 0 Å². The van der Waals surface area contributed by atoms with Crippen LogP contribution in [0.3, 0.4) is 0 Å².